The molecule has 8 heteroatoms. The molecule has 2 aliphatic heterocycles. The van der Waals surface area contributed by atoms with Crippen molar-refractivity contribution < 1.29 is 24.2 Å². The summed E-state index contributed by atoms with van der Waals surface area (Å²) >= 11 is 0. The van der Waals surface area contributed by atoms with E-state index in [1.807, 2.05) is 19.0 Å². The molecule has 0 unspecified atom stereocenters. The Morgan fingerprint density at radius 2 is 1.65 bits per heavy atom. The van der Waals surface area contributed by atoms with Crippen molar-refractivity contribution in [3.05, 3.63) is 0 Å². The monoisotopic (exact) mass is 369 g/mol. The molecule has 1 N–H and O–H groups in total. The van der Waals surface area contributed by atoms with Crippen LogP contribution in [-0.4, -0.2) is 96.6 Å². The van der Waals surface area contributed by atoms with Crippen molar-refractivity contribution in [1.29, 1.82) is 0 Å². The van der Waals surface area contributed by atoms with Gasteiger partial charge in [-0.3, -0.25) is 14.4 Å². The van der Waals surface area contributed by atoms with Crippen LogP contribution in [0.15, 0.2) is 0 Å². The molecule has 1 spiro atoms. The standard InChI is InChI=1S/C18H31N3O5/c1-19(2)9-3-4-15(22)20-10-7-18(8-11-20)14-21(12-13-26-18)16(23)5-6-17(24)25/h3-14H2,1-2H3,(H,24,25). The van der Waals surface area contributed by atoms with Gasteiger partial charge in [-0.05, 0) is 39.9 Å². The Hall–Kier alpha value is -1.67. The third-order valence-electron chi connectivity index (χ3n) is 5.18. The van der Waals surface area contributed by atoms with Crippen LogP contribution >= 0.6 is 0 Å². The highest BCUT2D eigenvalue weighted by atomic mass is 16.5. The highest BCUT2D eigenvalue weighted by molar-refractivity contribution is 5.81. The van der Waals surface area contributed by atoms with Gasteiger partial charge < -0.3 is 24.5 Å². The van der Waals surface area contributed by atoms with Crippen molar-refractivity contribution in [2.45, 2.75) is 44.1 Å². The Labute approximate surface area is 155 Å². The van der Waals surface area contributed by atoms with Crippen molar-refractivity contribution >= 4 is 17.8 Å². The zero-order chi connectivity index (χ0) is 19.2. The minimum atomic E-state index is -0.956. The van der Waals surface area contributed by atoms with Gasteiger partial charge in [-0.25, -0.2) is 0 Å². The lowest BCUT2D eigenvalue weighted by atomic mass is 9.89. The van der Waals surface area contributed by atoms with E-state index in [1.54, 1.807) is 4.90 Å². The first-order valence-corrected chi connectivity index (χ1v) is 9.37. The number of morpholine rings is 1. The molecule has 0 aromatic carbocycles. The van der Waals surface area contributed by atoms with Crippen LogP contribution in [0.2, 0.25) is 0 Å². The van der Waals surface area contributed by atoms with Crippen LogP contribution in [0.25, 0.3) is 0 Å². The molecule has 2 aliphatic rings. The highest BCUT2D eigenvalue weighted by Gasteiger charge is 2.41. The molecule has 0 radical (unpaired) electrons. The lowest BCUT2D eigenvalue weighted by Crippen LogP contribution is -2.58. The Morgan fingerprint density at radius 1 is 1.00 bits per heavy atom. The van der Waals surface area contributed by atoms with E-state index >= 15 is 0 Å². The molecule has 2 fully saturated rings. The Balaban J connectivity index is 1.80. The number of carbonyl (C=O) groups excluding carboxylic acids is 2. The number of amides is 2. The van der Waals surface area contributed by atoms with E-state index in [2.05, 4.69) is 4.90 Å². The largest absolute Gasteiger partial charge is 0.481 e. The number of hydrogen-bond donors (Lipinski definition) is 1. The van der Waals surface area contributed by atoms with E-state index in [4.69, 9.17) is 9.84 Å². The molecule has 148 valence electrons. The third-order valence-corrected chi connectivity index (χ3v) is 5.18. The smallest absolute Gasteiger partial charge is 0.303 e. The number of likely N-dealkylation sites (tertiary alicyclic amines) is 1. The average molecular weight is 369 g/mol. The van der Waals surface area contributed by atoms with Crippen LogP contribution in [0.4, 0.5) is 0 Å². The SMILES string of the molecule is CN(C)CCCC(=O)N1CCC2(CC1)CN(C(=O)CCC(=O)O)CCO2. The predicted octanol–water partition coefficient (Wildman–Crippen LogP) is 0.413. The predicted molar refractivity (Wildman–Crippen MR) is 95.7 cm³/mol. The number of nitrogens with zero attached hydrogens (tertiary/aromatic N) is 3. The first kappa shape index (κ1) is 20.6. The first-order valence-electron chi connectivity index (χ1n) is 9.37. The van der Waals surface area contributed by atoms with Gasteiger partial charge in [0.15, 0.2) is 0 Å². The quantitative estimate of drug-likeness (QED) is 0.699. The number of piperidine rings is 1. The van der Waals surface area contributed by atoms with E-state index in [-0.39, 0.29) is 24.7 Å². The molecule has 0 aromatic rings. The number of hydrogen-bond acceptors (Lipinski definition) is 5. The Kier molecular flexibility index (Phi) is 7.40. The van der Waals surface area contributed by atoms with E-state index in [0.29, 0.717) is 39.2 Å². The van der Waals surface area contributed by atoms with E-state index in [0.717, 1.165) is 25.8 Å². The summed E-state index contributed by atoms with van der Waals surface area (Å²) in [5.41, 5.74) is -0.391. The molecule has 0 atom stereocenters. The second-order valence-corrected chi connectivity index (χ2v) is 7.53. The summed E-state index contributed by atoms with van der Waals surface area (Å²) in [4.78, 5) is 40.9. The van der Waals surface area contributed by atoms with Gasteiger partial charge in [-0.2, -0.15) is 0 Å². The van der Waals surface area contributed by atoms with E-state index in [1.165, 1.54) is 0 Å². The normalized spacial score (nSPS) is 19.8. The molecule has 2 heterocycles. The Morgan fingerprint density at radius 3 is 2.27 bits per heavy atom. The molecule has 0 saturated carbocycles. The number of rotatable bonds is 7. The van der Waals surface area contributed by atoms with Crippen molar-refractivity contribution in [2.24, 2.45) is 0 Å². The molecule has 2 amide bonds. The summed E-state index contributed by atoms with van der Waals surface area (Å²) in [5, 5.41) is 8.74. The second kappa shape index (κ2) is 9.32. The number of ether oxygens (including phenoxy) is 1. The highest BCUT2D eigenvalue weighted by Crippen LogP contribution is 2.30. The van der Waals surface area contributed by atoms with E-state index < -0.39 is 11.6 Å². The van der Waals surface area contributed by atoms with Crippen molar-refractivity contribution in [3.8, 4) is 0 Å². The molecular weight excluding hydrogens is 338 g/mol. The van der Waals surface area contributed by atoms with Crippen LogP contribution in [0.1, 0.15) is 38.5 Å². The van der Waals surface area contributed by atoms with Gasteiger partial charge in [-0.1, -0.05) is 0 Å². The molecule has 0 aromatic heterocycles. The van der Waals surface area contributed by atoms with E-state index in [9.17, 15) is 14.4 Å². The average Bonchev–Trinajstić information content (AvgIpc) is 2.60. The molecule has 8 nitrogen and oxygen atoms in total. The number of carboxylic acids is 1. The minimum absolute atomic E-state index is 0.0297. The van der Waals surface area contributed by atoms with Gasteiger partial charge in [0.1, 0.15) is 0 Å². The van der Waals surface area contributed by atoms with Gasteiger partial charge >= 0.3 is 5.97 Å². The lowest BCUT2D eigenvalue weighted by molar-refractivity contribution is -0.163. The third kappa shape index (κ3) is 5.95. The molecule has 0 aliphatic carbocycles. The maximum atomic E-state index is 12.3. The van der Waals surface area contributed by atoms with Crippen LogP contribution in [0, 0.1) is 0 Å². The summed E-state index contributed by atoms with van der Waals surface area (Å²) in [6.45, 7) is 3.67. The maximum Gasteiger partial charge on any atom is 0.303 e. The van der Waals surface area contributed by atoms with Crippen LogP contribution in [0.5, 0.6) is 0 Å². The zero-order valence-corrected chi connectivity index (χ0v) is 15.9. The fourth-order valence-corrected chi connectivity index (χ4v) is 3.60. The second-order valence-electron chi connectivity index (χ2n) is 7.53. The van der Waals surface area contributed by atoms with Crippen molar-refractivity contribution in [1.82, 2.24) is 14.7 Å². The Bertz CT molecular complexity index is 515. The van der Waals surface area contributed by atoms with Gasteiger partial charge in [-0.15, -0.1) is 0 Å². The lowest BCUT2D eigenvalue weighted by Gasteiger charge is -2.47. The van der Waals surface area contributed by atoms with Gasteiger partial charge in [0.25, 0.3) is 0 Å². The van der Waals surface area contributed by atoms with Crippen LogP contribution < -0.4 is 0 Å². The summed E-state index contributed by atoms with van der Waals surface area (Å²) in [7, 11) is 4.00. The van der Waals surface area contributed by atoms with Crippen LogP contribution in [-0.2, 0) is 19.1 Å². The van der Waals surface area contributed by atoms with Crippen molar-refractivity contribution in [2.75, 3.05) is 53.4 Å². The summed E-state index contributed by atoms with van der Waals surface area (Å²) in [5.74, 6) is -0.897. The number of carboxylic acid groups (broad SMARTS) is 1. The summed E-state index contributed by atoms with van der Waals surface area (Å²) < 4.78 is 6.00. The topological polar surface area (TPSA) is 90.4 Å². The summed E-state index contributed by atoms with van der Waals surface area (Å²) in [6, 6.07) is 0. The molecular formula is C18H31N3O5. The molecule has 2 rings (SSSR count). The molecule has 26 heavy (non-hydrogen) atoms. The minimum Gasteiger partial charge on any atom is -0.481 e. The van der Waals surface area contributed by atoms with Gasteiger partial charge in [0.2, 0.25) is 11.8 Å². The fourth-order valence-electron chi connectivity index (χ4n) is 3.60. The molecule has 2 saturated heterocycles. The first-order chi connectivity index (χ1) is 12.3. The van der Waals surface area contributed by atoms with Gasteiger partial charge in [0, 0.05) is 39.0 Å². The molecule has 0 bridgehead atoms. The van der Waals surface area contributed by atoms with Crippen LogP contribution in [0.3, 0.4) is 0 Å². The van der Waals surface area contributed by atoms with Crippen molar-refractivity contribution in [3.63, 3.8) is 0 Å². The number of aliphatic carboxylic acids is 1. The zero-order valence-electron chi connectivity index (χ0n) is 15.9. The summed E-state index contributed by atoms with van der Waals surface area (Å²) in [6.07, 6.45) is 2.74. The number of carbonyl (C=O) groups is 3. The maximum absolute atomic E-state index is 12.3. The fraction of sp³-hybridized carbons (Fsp3) is 0.833. The van der Waals surface area contributed by atoms with Gasteiger partial charge in [0.05, 0.1) is 18.6 Å².